The number of rotatable bonds is 7. The van der Waals surface area contributed by atoms with E-state index in [0.717, 1.165) is 26.8 Å². The number of nitrogens with one attached hydrogen (secondary N) is 1. The summed E-state index contributed by atoms with van der Waals surface area (Å²) in [4.78, 5) is 25.8. The van der Waals surface area contributed by atoms with Crippen LogP contribution in [0.25, 0.3) is 0 Å². The molecule has 0 fully saturated rings. The first-order valence-corrected chi connectivity index (χ1v) is 10.5. The number of benzene rings is 1. The normalized spacial score (nSPS) is 11.4. The Morgan fingerprint density at radius 3 is 2.41 bits per heavy atom. The van der Waals surface area contributed by atoms with Crippen molar-refractivity contribution in [3.63, 3.8) is 0 Å². The number of nitrogens with zero attached hydrogens (tertiary/aromatic N) is 2. The van der Waals surface area contributed by atoms with Crippen molar-refractivity contribution in [3.05, 3.63) is 46.8 Å². The van der Waals surface area contributed by atoms with E-state index in [2.05, 4.69) is 5.32 Å². The van der Waals surface area contributed by atoms with Gasteiger partial charge in [0.25, 0.3) is 10.0 Å². The molecule has 0 saturated carbocycles. The maximum Gasteiger partial charge on any atom is 0.252 e. The number of hydrogen-bond acceptors (Lipinski definition) is 5. The molecule has 0 aliphatic heterocycles. The number of likely N-dealkylation sites (N-methyl/N-ethyl adjacent to an activating group) is 2. The van der Waals surface area contributed by atoms with Crippen LogP contribution in [-0.2, 0) is 19.6 Å². The molecule has 146 valence electrons. The summed E-state index contributed by atoms with van der Waals surface area (Å²) in [5, 5.41) is 4.44. The van der Waals surface area contributed by atoms with Crippen LogP contribution in [0.3, 0.4) is 0 Å². The van der Waals surface area contributed by atoms with Gasteiger partial charge in [0, 0.05) is 19.8 Å². The van der Waals surface area contributed by atoms with Gasteiger partial charge in [0.2, 0.25) is 11.8 Å². The molecule has 0 bridgehead atoms. The smallest absolute Gasteiger partial charge is 0.252 e. The van der Waals surface area contributed by atoms with E-state index in [1.807, 2.05) is 26.0 Å². The number of sulfonamides is 1. The first-order chi connectivity index (χ1) is 12.6. The summed E-state index contributed by atoms with van der Waals surface area (Å²) in [6.45, 7) is 3.35. The summed E-state index contributed by atoms with van der Waals surface area (Å²) in [6.07, 6.45) is 0. The third-order valence-corrected chi connectivity index (χ3v) is 7.38. The molecule has 0 aliphatic rings. The Morgan fingerprint density at radius 2 is 1.78 bits per heavy atom. The van der Waals surface area contributed by atoms with Crippen LogP contribution in [0.15, 0.2) is 39.9 Å². The molecule has 7 nitrogen and oxygen atoms in total. The monoisotopic (exact) mass is 409 g/mol. The molecule has 2 aromatic rings. The van der Waals surface area contributed by atoms with Crippen LogP contribution < -0.4 is 5.32 Å². The zero-order chi connectivity index (χ0) is 20.2. The van der Waals surface area contributed by atoms with Crippen molar-refractivity contribution in [1.82, 2.24) is 9.21 Å². The molecule has 27 heavy (non-hydrogen) atoms. The van der Waals surface area contributed by atoms with Gasteiger partial charge in [0.05, 0.1) is 13.1 Å². The molecule has 0 saturated heterocycles. The van der Waals surface area contributed by atoms with E-state index < -0.39 is 15.9 Å². The zero-order valence-electron chi connectivity index (χ0n) is 15.7. The molecule has 0 spiro atoms. The summed E-state index contributed by atoms with van der Waals surface area (Å²) in [6, 6.07) is 8.71. The van der Waals surface area contributed by atoms with Gasteiger partial charge in [0.15, 0.2) is 0 Å². The molecule has 1 heterocycles. The predicted octanol–water partition coefficient (Wildman–Crippen LogP) is 2.08. The Kier molecular flexibility index (Phi) is 6.74. The number of amides is 2. The van der Waals surface area contributed by atoms with Gasteiger partial charge < -0.3 is 10.2 Å². The van der Waals surface area contributed by atoms with E-state index in [0.29, 0.717) is 5.69 Å². The molecule has 0 radical (unpaired) electrons. The second-order valence-corrected chi connectivity index (χ2v) is 9.46. The van der Waals surface area contributed by atoms with Crippen molar-refractivity contribution in [2.75, 3.05) is 32.5 Å². The lowest BCUT2D eigenvalue weighted by Gasteiger charge is -2.21. The number of aryl methyl sites for hydroxylation is 1. The lowest BCUT2D eigenvalue weighted by Crippen LogP contribution is -2.42. The molecular formula is C18H23N3O4S2. The van der Waals surface area contributed by atoms with Gasteiger partial charge in [-0.25, -0.2) is 8.42 Å². The second kappa shape index (κ2) is 8.64. The highest BCUT2D eigenvalue weighted by Crippen LogP contribution is 2.20. The highest BCUT2D eigenvalue weighted by molar-refractivity contribution is 7.91. The molecular weight excluding hydrogens is 386 g/mol. The van der Waals surface area contributed by atoms with Crippen molar-refractivity contribution >= 4 is 38.9 Å². The van der Waals surface area contributed by atoms with Crippen molar-refractivity contribution in [2.24, 2.45) is 0 Å². The fraction of sp³-hybridized carbons (Fsp3) is 0.333. The van der Waals surface area contributed by atoms with Crippen LogP contribution in [0, 0.1) is 13.8 Å². The van der Waals surface area contributed by atoms with Gasteiger partial charge in [-0.05, 0) is 42.5 Å². The summed E-state index contributed by atoms with van der Waals surface area (Å²) in [5.41, 5.74) is 2.71. The molecule has 0 atom stereocenters. The van der Waals surface area contributed by atoms with Crippen LogP contribution in [0.2, 0.25) is 0 Å². The number of anilines is 1. The van der Waals surface area contributed by atoms with Gasteiger partial charge in [-0.15, -0.1) is 11.3 Å². The molecule has 2 amide bonds. The van der Waals surface area contributed by atoms with Gasteiger partial charge in [-0.3, -0.25) is 9.59 Å². The van der Waals surface area contributed by atoms with Crippen molar-refractivity contribution < 1.29 is 18.0 Å². The van der Waals surface area contributed by atoms with E-state index in [4.69, 9.17) is 0 Å². The van der Waals surface area contributed by atoms with Gasteiger partial charge >= 0.3 is 0 Å². The Labute approximate surface area is 163 Å². The lowest BCUT2D eigenvalue weighted by atomic mass is 10.1. The quantitative estimate of drug-likeness (QED) is 0.759. The van der Waals surface area contributed by atoms with Crippen LogP contribution in [0.1, 0.15) is 11.1 Å². The van der Waals surface area contributed by atoms with Crippen molar-refractivity contribution in [1.29, 1.82) is 0 Å². The van der Waals surface area contributed by atoms with Gasteiger partial charge in [-0.1, -0.05) is 18.2 Å². The average molecular weight is 410 g/mol. The standard InChI is InChI=1S/C18H23N3O4S2/c1-13-7-5-8-15(14(13)2)19-16(22)11-20(3)17(23)12-21(4)27(24,25)18-9-6-10-26-18/h5-10H,11-12H2,1-4H3,(H,19,22). The molecule has 1 aromatic carbocycles. The SMILES string of the molecule is Cc1cccc(NC(=O)CN(C)C(=O)CN(C)S(=O)(=O)c2cccs2)c1C. The predicted molar refractivity (Wildman–Crippen MR) is 106 cm³/mol. The van der Waals surface area contributed by atoms with Crippen molar-refractivity contribution in [3.8, 4) is 0 Å². The number of carbonyl (C=O) groups excluding carboxylic acids is 2. The van der Waals surface area contributed by atoms with Gasteiger partial charge in [0.1, 0.15) is 4.21 Å². The lowest BCUT2D eigenvalue weighted by molar-refractivity contribution is -0.133. The average Bonchev–Trinajstić information content (AvgIpc) is 3.14. The molecule has 1 aromatic heterocycles. The largest absolute Gasteiger partial charge is 0.335 e. The highest BCUT2D eigenvalue weighted by atomic mass is 32.2. The summed E-state index contributed by atoms with van der Waals surface area (Å²) < 4.78 is 25.9. The zero-order valence-corrected chi connectivity index (χ0v) is 17.4. The second-order valence-electron chi connectivity index (χ2n) is 6.24. The van der Waals surface area contributed by atoms with E-state index in [1.54, 1.807) is 17.5 Å². The summed E-state index contributed by atoms with van der Waals surface area (Å²) >= 11 is 1.09. The van der Waals surface area contributed by atoms with E-state index in [-0.39, 0.29) is 23.2 Å². The molecule has 2 rings (SSSR count). The number of hydrogen-bond donors (Lipinski definition) is 1. The topological polar surface area (TPSA) is 86.8 Å². The minimum Gasteiger partial charge on any atom is -0.335 e. The highest BCUT2D eigenvalue weighted by Gasteiger charge is 2.25. The van der Waals surface area contributed by atoms with E-state index in [1.165, 1.54) is 25.1 Å². The Morgan fingerprint density at radius 1 is 1.07 bits per heavy atom. The van der Waals surface area contributed by atoms with Crippen LogP contribution in [0.5, 0.6) is 0 Å². The van der Waals surface area contributed by atoms with E-state index >= 15 is 0 Å². The van der Waals surface area contributed by atoms with E-state index in [9.17, 15) is 18.0 Å². The fourth-order valence-electron chi connectivity index (χ4n) is 2.34. The van der Waals surface area contributed by atoms with Crippen LogP contribution >= 0.6 is 11.3 Å². The molecule has 0 unspecified atom stereocenters. The summed E-state index contributed by atoms with van der Waals surface area (Å²) in [7, 11) is -0.895. The van der Waals surface area contributed by atoms with Gasteiger partial charge in [-0.2, -0.15) is 4.31 Å². The third kappa shape index (κ3) is 5.15. The minimum absolute atomic E-state index is 0.168. The maximum atomic E-state index is 12.4. The number of thiophene rings is 1. The van der Waals surface area contributed by atoms with Crippen LogP contribution in [-0.4, -0.2) is 56.6 Å². The molecule has 9 heteroatoms. The molecule has 1 N–H and O–H groups in total. The van der Waals surface area contributed by atoms with Crippen molar-refractivity contribution in [2.45, 2.75) is 18.1 Å². The number of carbonyl (C=O) groups is 2. The Balaban J connectivity index is 1.95. The summed E-state index contributed by atoms with van der Waals surface area (Å²) in [5.74, 6) is -0.808. The first-order valence-electron chi connectivity index (χ1n) is 8.23. The Bertz CT molecular complexity index is 924. The third-order valence-electron chi connectivity index (χ3n) is 4.20. The minimum atomic E-state index is -3.71. The Hall–Kier alpha value is -2.23. The maximum absolute atomic E-state index is 12.4. The molecule has 0 aliphatic carbocycles. The van der Waals surface area contributed by atoms with Crippen LogP contribution in [0.4, 0.5) is 5.69 Å². The fourth-order valence-corrected chi connectivity index (χ4v) is 4.66. The first kappa shape index (κ1) is 21.1.